The van der Waals surface area contributed by atoms with Gasteiger partial charge in [0.15, 0.2) is 0 Å². The van der Waals surface area contributed by atoms with Crippen molar-refractivity contribution in [1.29, 1.82) is 0 Å². The van der Waals surface area contributed by atoms with Crippen LogP contribution >= 0.6 is 0 Å². The van der Waals surface area contributed by atoms with Crippen LogP contribution in [0.4, 0.5) is 10.5 Å². The highest BCUT2D eigenvalue weighted by Crippen LogP contribution is 2.45. The lowest BCUT2D eigenvalue weighted by molar-refractivity contribution is -0.115. The van der Waals surface area contributed by atoms with Crippen molar-refractivity contribution >= 4 is 29.0 Å². The van der Waals surface area contributed by atoms with Crippen LogP contribution in [0.1, 0.15) is 36.7 Å². The van der Waals surface area contributed by atoms with Gasteiger partial charge < -0.3 is 9.64 Å². The Morgan fingerprint density at radius 2 is 1.79 bits per heavy atom. The van der Waals surface area contributed by atoms with Gasteiger partial charge in [-0.3, -0.25) is 19.4 Å². The third-order valence-corrected chi connectivity index (χ3v) is 5.64. The van der Waals surface area contributed by atoms with Gasteiger partial charge in [0, 0.05) is 38.3 Å². The number of para-hydroxylation sites is 1. The Labute approximate surface area is 164 Å². The minimum atomic E-state index is -0.561. The van der Waals surface area contributed by atoms with Crippen molar-refractivity contribution in [2.45, 2.75) is 26.3 Å². The van der Waals surface area contributed by atoms with Gasteiger partial charge in [0.2, 0.25) is 0 Å². The third kappa shape index (κ3) is 2.90. The van der Waals surface area contributed by atoms with Gasteiger partial charge >= 0.3 is 6.09 Å². The molecule has 0 unspecified atom stereocenters. The SMILES string of the molecule is CCOC(=O)N1CCN(CC2=CC(C)(C)N3C(=O)C(=O)c4cccc2c43)CC1. The van der Waals surface area contributed by atoms with Crippen molar-refractivity contribution in [3.05, 3.63) is 35.4 Å². The predicted octanol–water partition coefficient (Wildman–Crippen LogP) is 2.17. The van der Waals surface area contributed by atoms with Crippen LogP contribution < -0.4 is 4.90 Å². The molecule has 1 saturated heterocycles. The Morgan fingerprint density at radius 3 is 2.46 bits per heavy atom. The summed E-state index contributed by atoms with van der Waals surface area (Å²) in [5, 5.41) is 0. The van der Waals surface area contributed by atoms with Crippen LogP contribution in [-0.2, 0) is 9.53 Å². The van der Waals surface area contributed by atoms with Crippen LogP contribution in [0, 0.1) is 0 Å². The average molecular weight is 383 g/mol. The monoisotopic (exact) mass is 383 g/mol. The van der Waals surface area contributed by atoms with E-state index in [0.29, 0.717) is 31.8 Å². The van der Waals surface area contributed by atoms with Gasteiger partial charge in [0.05, 0.1) is 23.4 Å². The van der Waals surface area contributed by atoms with Crippen molar-refractivity contribution in [2.24, 2.45) is 0 Å². The Bertz CT molecular complexity index is 882. The van der Waals surface area contributed by atoms with E-state index >= 15 is 0 Å². The summed E-state index contributed by atoms with van der Waals surface area (Å²) in [7, 11) is 0. The summed E-state index contributed by atoms with van der Waals surface area (Å²) in [6.07, 6.45) is 1.83. The van der Waals surface area contributed by atoms with Gasteiger partial charge in [-0.25, -0.2) is 4.79 Å². The molecule has 4 rings (SSSR count). The first kappa shape index (κ1) is 18.7. The highest BCUT2D eigenvalue weighted by molar-refractivity contribution is 6.53. The maximum atomic E-state index is 12.5. The molecule has 1 aromatic carbocycles. The van der Waals surface area contributed by atoms with E-state index in [-0.39, 0.29) is 6.09 Å². The fraction of sp³-hybridized carbons (Fsp3) is 0.476. The molecule has 0 atom stereocenters. The van der Waals surface area contributed by atoms with E-state index in [1.807, 2.05) is 32.9 Å². The first-order valence-electron chi connectivity index (χ1n) is 9.71. The van der Waals surface area contributed by atoms with Gasteiger partial charge in [0.1, 0.15) is 0 Å². The number of amides is 2. The van der Waals surface area contributed by atoms with E-state index in [4.69, 9.17) is 4.74 Å². The molecule has 0 spiro atoms. The summed E-state index contributed by atoms with van der Waals surface area (Å²) >= 11 is 0. The number of nitrogens with zero attached hydrogens (tertiary/aromatic N) is 3. The molecule has 0 bridgehead atoms. The molecule has 0 saturated carbocycles. The van der Waals surface area contributed by atoms with Crippen molar-refractivity contribution in [3.8, 4) is 0 Å². The van der Waals surface area contributed by atoms with Crippen molar-refractivity contribution in [3.63, 3.8) is 0 Å². The second-order valence-electron chi connectivity index (χ2n) is 7.96. The van der Waals surface area contributed by atoms with Gasteiger partial charge in [-0.1, -0.05) is 18.2 Å². The number of ketones is 1. The van der Waals surface area contributed by atoms with Crippen molar-refractivity contribution in [1.82, 2.24) is 9.80 Å². The number of hydrogen-bond acceptors (Lipinski definition) is 5. The first-order valence-corrected chi connectivity index (χ1v) is 9.71. The molecule has 3 aliphatic heterocycles. The molecule has 0 radical (unpaired) electrons. The van der Waals surface area contributed by atoms with Crippen molar-refractivity contribution < 1.29 is 19.1 Å². The largest absolute Gasteiger partial charge is 0.450 e. The normalized spacial score (nSPS) is 20.9. The molecular formula is C21H25N3O4. The lowest BCUT2D eigenvalue weighted by Crippen LogP contribution is -2.50. The molecule has 7 nitrogen and oxygen atoms in total. The number of ether oxygens (including phenoxy) is 1. The lowest BCUT2D eigenvalue weighted by Gasteiger charge is -2.40. The Morgan fingerprint density at radius 1 is 1.11 bits per heavy atom. The smallest absolute Gasteiger partial charge is 0.409 e. The van der Waals surface area contributed by atoms with Crippen LogP contribution in [0.2, 0.25) is 0 Å². The quantitative estimate of drug-likeness (QED) is 0.748. The molecule has 0 aliphatic carbocycles. The number of carbonyl (C=O) groups excluding carboxylic acids is 3. The van der Waals surface area contributed by atoms with Crippen molar-refractivity contribution in [2.75, 3.05) is 44.2 Å². The van der Waals surface area contributed by atoms with Gasteiger partial charge in [-0.2, -0.15) is 0 Å². The summed E-state index contributed by atoms with van der Waals surface area (Å²) in [5.41, 5.74) is 2.74. The Balaban J connectivity index is 1.56. The van der Waals surface area contributed by atoms with Gasteiger partial charge in [0.25, 0.3) is 11.7 Å². The molecule has 0 aromatic heterocycles. The summed E-state index contributed by atoms with van der Waals surface area (Å²) in [6, 6.07) is 5.55. The minimum absolute atomic E-state index is 0.256. The van der Waals surface area contributed by atoms with E-state index in [0.717, 1.165) is 29.9 Å². The van der Waals surface area contributed by atoms with Crippen LogP contribution in [0.25, 0.3) is 5.57 Å². The number of hydrogen-bond donors (Lipinski definition) is 0. The second kappa shape index (κ2) is 6.74. The van der Waals surface area contributed by atoms with E-state index < -0.39 is 17.2 Å². The molecule has 1 fully saturated rings. The minimum Gasteiger partial charge on any atom is -0.450 e. The standard InChI is InChI=1S/C21H25N3O4/c1-4-28-20(27)23-10-8-22(9-11-23)13-14-12-21(2,3)24-17-15(14)6-5-7-16(17)18(25)19(24)26/h5-7,12H,4,8-11,13H2,1-3H3. The molecule has 28 heavy (non-hydrogen) atoms. The molecule has 1 aromatic rings. The molecule has 2 amide bonds. The molecule has 3 aliphatic rings. The molecule has 148 valence electrons. The van der Waals surface area contributed by atoms with Gasteiger partial charge in [-0.15, -0.1) is 0 Å². The fourth-order valence-corrected chi connectivity index (χ4v) is 4.34. The Kier molecular flexibility index (Phi) is 4.50. The highest BCUT2D eigenvalue weighted by Gasteiger charge is 2.47. The fourth-order valence-electron chi connectivity index (χ4n) is 4.34. The summed E-state index contributed by atoms with van der Waals surface area (Å²) in [5.74, 6) is -0.881. The topological polar surface area (TPSA) is 70.2 Å². The zero-order chi connectivity index (χ0) is 20.1. The number of anilines is 1. The molecular weight excluding hydrogens is 358 g/mol. The zero-order valence-electron chi connectivity index (χ0n) is 16.5. The summed E-state index contributed by atoms with van der Waals surface area (Å²) in [6.45, 7) is 9.60. The third-order valence-electron chi connectivity index (χ3n) is 5.64. The number of carbonyl (C=O) groups is 3. The molecule has 0 N–H and O–H groups in total. The number of piperazine rings is 1. The van der Waals surface area contributed by atoms with E-state index in [2.05, 4.69) is 11.0 Å². The predicted molar refractivity (Wildman–Crippen MR) is 105 cm³/mol. The summed E-state index contributed by atoms with van der Waals surface area (Å²) < 4.78 is 5.08. The second-order valence-corrected chi connectivity index (χ2v) is 7.96. The summed E-state index contributed by atoms with van der Waals surface area (Å²) in [4.78, 5) is 42.5. The van der Waals surface area contributed by atoms with E-state index in [9.17, 15) is 14.4 Å². The number of Topliss-reactive ketones (excluding diaryl/α,β-unsaturated/α-hetero) is 1. The average Bonchev–Trinajstić information content (AvgIpc) is 2.93. The maximum Gasteiger partial charge on any atom is 0.409 e. The van der Waals surface area contributed by atoms with Crippen LogP contribution in [0.3, 0.4) is 0 Å². The lowest BCUT2D eigenvalue weighted by atomic mass is 9.88. The van der Waals surface area contributed by atoms with Crippen LogP contribution in [0.5, 0.6) is 0 Å². The maximum absolute atomic E-state index is 12.5. The first-order chi connectivity index (χ1) is 13.3. The van der Waals surface area contributed by atoms with Crippen LogP contribution in [-0.4, -0.2) is 72.5 Å². The van der Waals surface area contributed by atoms with E-state index in [1.54, 1.807) is 15.9 Å². The highest BCUT2D eigenvalue weighted by atomic mass is 16.6. The molecule has 7 heteroatoms. The molecule has 3 heterocycles. The number of rotatable bonds is 3. The number of benzene rings is 1. The van der Waals surface area contributed by atoms with Crippen LogP contribution in [0.15, 0.2) is 24.3 Å². The zero-order valence-corrected chi connectivity index (χ0v) is 16.5. The Hall–Kier alpha value is -2.67. The van der Waals surface area contributed by atoms with Gasteiger partial charge in [-0.05, 0) is 32.4 Å². The van der Waals surface area contributed by atoms with E-state index in [1.165, 1.54) is 0 Å².